The summed E-state index contributed by atoms with van der Waals surface area (Å²) < 4.78 is 0. The van der Waals surface area contributed by atoms with Crippen molar-refractivity contribution in [1.29, 1.82) is 5.26 Å². The van der Waals surface area contributed by atoms with Gasteiger partial charge in [0.1, 0.15) is 11.8 Å². The first-order valence-electron chi connectivity index (χ1n) is 3.70. The molecule has 3 N–H and O–H groups in total. The molecule has 0 bridgehead atoms. The van der Waals surface area contributed by atoms with Crippen LogP contribution in [0.5, 0.6) is 5.75 Å². The van der Waals surface area contributed by atoms with Gasteiger partial charge in [-0.25, -0.2) is 0 Å². The van der Waals surface area contributed by atoms with Crippen molar-refractivity contribution in [3.8, 4) is 11.8 Å². The summed E-state index contributed by atoms with van der Waals surface area (Å²) in [4.78, 5) is 0. The quantitative estimate of drug-likeness (QED) is 0.674. The molecule has 0 aliphatic carbocycles. The second-order valence-corrected chi connectivity index (χ2v) is 2.50. The summed E-state index contributed by atoms with van der Waals surface area (Å²) in [5.74, 6) is 0.0262. The van der Waals surface area contributed by atoms with Gasteiger partial charge in [-0.2, -0.15) is 5.26 Å². The largest absolute Gasteiger partial charge is 0.507 e. The van der Waals surface area contributed by atoms with Crippen LogP contribution in [-0.4, -0.2) is 11.7 Å². The lowest BCUT2D eigenvalue weighted by Crippen LogP contribution is -2.02. The van der Waals surface area contributed by atoms with Crippen molar-refractivity contribution in [3.63, 3.8) is 0 Å². The summed E-state index contributed by atoms with van der Waals surface area (Å²) in [6, 6.07) is 6.84. The molecule has 0 heterocycles. The van der Waals surface area contributed by atoms with Crippen LogP contribution in [0, 0.1) is 11.3 Å². The van der Waals surface area contributed by atoms with Crippen molar-refractivity contribution < 1.29 is 5.11 Å². The van der Waals surface area contributed by atoms with E-state index >= 15 is 0 Å². The average molecular weight is 162 g/mol. The predicted octanol–water partition coefficient (Wildman–Crippen LogP) is 0.765. The van der Waals surface area contributed by atoms with E-state index in [1.165, 1.54) is 6.07 Å². The molecule has 1 rings (SSSR count). The molecule has 0 fully saturated rings. The normalized spacial score (nSPS) is 9.33. The highest BCUT2D eigenvalue weighted by Gasteiger charge is 2.00. The molecule has 3 nitrogen and oxygen atoms in total. The standard InChI is InChI=1S/C9H10N2O/c10-4-3-7-1-2-9(12)8(5-7)6-11/h1-2,5,12H,3-4,10H2. The maximum Gasteiger partial charge on any atom is 0.133 e. The number of phenols is 1. The van der Waals surface area contributed by atoms with E-state index in [0.29, 0.717) is 12.1 Å². The maximum absolute atomic E-state index is 9.15. The third-order valence-corrected chi connectivity index (χ3v) is 1.61. The monoisotopic (exact) mass is 162 g/mol. The number of hydrogen-bond donors (Lipinski definition) is 2. The van der Waals surface area contributed by atoms with Crippen LogP contribution in [-0.2, 0) is 6.42 Å². The van der Waals surface area contributed by atoms with Crippen LogP contribution in [0.2, 0.25) is 0 Å². The van der Waals surface area contributed by atoms with Gasteiger partial charge in [0.25, 0.3) is 0 Å². The van der Waals surface area contributed by atoms with Gasteiger partial charge in [-0.05, 0) is 30.7 Å². The van der Waals surface area contributed by atoms with Gasteiger partial charge in [0.05, 0.1) is 5.56 Å². The van der Waals surface area contributed by atoms with Crippen LogP contribution in [0.1, 0.15) is 11.1 Å². The molecule has 1 aromatic rings. The van der Waals surface area contributed by atoms with Gasteiger partial charge in [-0.15, -0.1) is 0 Å². The Kier molecular flexibility index (Phi) is 2.67. The number of nitriles is 1. The van der Waals surface area contributed by atoms with Gasteiger partial charge >= 0.3 is 0 Å². The van der Waals surface area contributed by atoms with Crippen molar-refractivity contribution in [3.05, 3.63) is 29.3 Å². The number of rotatable bonds is 2. The molecule has 3 heteroatoms. The van der Waals surface area contributed by atoms with Gasteiger partial charge in [0.15, 0.2) is 0 Å². The Bertz CT molecular complexity index is 315. The lowest BCUT2D eigenvalue weighted by molar-refractivity contribution is 0.473. The summed E-state index contributed by atoms with van der Waals surface area (Å²) >= 11 is 0. The van der Waals surface area contributed by atoms with Gasteiger partial charge in [-0.1, -0.05) is 6.07 Å². The summed E-state index contributed by atoms with van der Waals surface area (Å²) in [6.45, 7) is 0.551. The number of phenolic OH excluding ortho intramolecular Hbond substituents is 1. The van der Waals surface area contributed by atoms with E-state index in [2.05, 4.69) is 0 Å². The minimum absolute atomic E-state index is 0.0262. The third-order valence-electron chi connectivity index (χ3n) is 1.61. The van der Waals surface area contributed by atoms with Crippen LogP contribution in [0.4, 0.5) is 0 Å². The lowest BCUT2D eigenvalue weighted by atomic mass is 10.1. The first kappa shape index (κ1) is 8.57. The van der Waals surface area contributed by atoms with Crippen LogP contribution in [0.15, 0.2) is 18.2 Å². The van der Waals surface area contributed by atoms with E-state index < -0.39 is 0 Å². The zero-order valence-electron chi connectivity index (χ0n) is 6.62. The van der Waals surface area contributed by atoms with E-state index in [-0.39, 0.29) is 5.75 Å². The van der Waals surface area contributed by atoms with Crippen molar-refractivity contribution in [2.24, 2.45) is 5.73 Å². The van der Waals surface area contributed by atoms with E-state index in [9.17, 15) is 0 Å². The molecule has 0 spiro atoms. The minimum Gasteiger partial charge on any atom is -0.507 e. The molecule has 0 saturated heterocycles. The fraction of sp³-hybridized carbons (Fsp3) is 0.222. The van der Waals surface area contributed by atoms with Gasteiger partial charge in [0.2, 0.25) is 0 Å². The minimum atomic E-state index is 0.0262. The topological polar surface area (TPSA) is 70.0 Å². The summed E-state index contributed by atoms with van der Waals surface area (Å²) in [5, 5.41) is 17.7. The smallest absolute Gasteiger partial charge is 0.133 e. The Morgan fingerprint density at radius 3 is 2.83 bits per heavy atom. The van der Waals surface area contributed by atoms with Crippen LogP contribution < -0.4 is 5.73 Å². The molecule has 0 saturated carbocycles. The molecule has 0 aromatic heterocycles. The Morgan fingerprint density at radius 2 is 2.25 bits per heavy atom. The first-order chi connectivity index (χ1) is 5.77. The van der Waals surface area contributed by atoms with E-state index in [4.69, 9.17) is 16.1 Å². The number of benzene rings is 1. The van der Waals surface area contributed by atoms with E-state index in [1.807, 2.05) is 6.07 Å². The Hall–Kier alpha value is -1.53. The van der Waals surface area contributed by atoms with Crippen LogP contribution in [0.25, 0.3) is 0 Å². The van der Waals surface area contributed by atoms with Gasteiger partial charge < -0.3 is 10.8 Å². The molecule has 12 heavy (non-hydrogen) atoms. The highest BCUT2D eigenvalue weighted by atomic mass is 16.3. The molecule has 0 aliphatic rings. The fourth-order valence-electron chi connectivity index (χ4n) is 0.995. The Balaban J connectivity index is 2.99. The number of nitrogens with two attached hydrogens (primary N) is 1. The van der Waals surface area contributed by atoms with Gasteiger partial charge in [0, 0.05) is 0 Å². The second kappa shape index (κ2) is 3.74. The fourth-order valence-corrected chi connectivity index (χ4v) is 0.995. The van der Waals surface area contributed by atoms with E-state index in [1.54, 1.807) is 12.1 Å². The summed E-state index contributed by atoms with van der Waals surface area (Å²) in [7, 11) is 0. The molecule has 0 atom stereocenters. The van der Waals surface area contributed by atoms with Crippen molar-refractivity contribution in [2.75, 3.05) is 6.54 Å². The number of aromatic hydroxyl groups is 1. The zero-order chi connectivity index (χ0) is 8.97. The highest BCUT2D eigenvalue weighted by molar-refractivity contribution is 5.44. The Morgan fingerprint density at radius 1 is 1.50 bits per heavy atom. The van der Waals surface area contributed by atoms with Crippen LogP contribution >= 0.6 is 0 Å². The van der Waals surface area contributed by atoms with Gasteiger partial charge in [-0.3, -0.25) is 0 Å². The van der Waals surface area contributed by atoms with Crippen molar-refractivity contribution in [2.45, 2.75) is 6.42 Å². The predicted molar refractivity (Wildman–Crippen MR) is 45.6 cm³/mol. The Labute approximate surface area is 71.1 Å². The molecule has 0 unspecified atom stereocenters. The highest BCUT2D eigenvalue weighted by Crippen LogP contribution is 2.17. The lowest BCUT2D eigenvalue weighted by Gasteiger charge is -2.00. The SMILES string of the molecule is N#Cc1cc(CCN)ccc1O. The van der Waals surface area contributed by atoms with Crippen molar-refractivity contribution in [1.82, 2.24) is 0 Å². The molecule has 1 aromatic carbocycles. The van der Waals surface area contributed by atoms with Crippen LogP contribution in [0.3, 0.4) is 0 Å². The molecule has 0 amide bonds. The average Bonchev–Trinajstić information content (AvgIpc) is 2.09. The summed E-state index contributed by atoms with van der Waals surface area (Å²) in [5.41, 5.74) is 6.63. The van der Waals surface area contributed by atoms with Crippen molar-refractivity contribution >= 4 is 0 Å². The third kappa shape index (κ3) is 1.74. The molecule has 0 aliphatic heterocycles. The molecular formula is C9H10N2O. The first-order valence-corrected chi connectivity index (χ1v) is 3.70. The second-order valence-electron chi connectivity index (χ2n) is 2.50. The zero-order valence-corrected chi connectivity index (χ0v) is 6.62. The molecule has 0 radical (unpaired) electrons. The molecule has 62 valence electrons. The summed E-state index contributed by atoms with van der Waals surface area (Å²) in [6.07, 6.45) is 0.731. The van der Waals surface area contributed by atoms with E-state index in [0.717, 1.165) is 12.0 Å². The molecular weight excluding hydrogens is 152 g/mol. The maximum atomic E-state index is 9.15. The number of nitrogens with zero attached hydrogens (tertiary/aromatic N) is 1. The number of hydrogen-bond acceptors (Lipinski definition) is 3.